The average Bonchev–Trinajstić information content (AvgIpc) is 2.95. The second-order valence-corrected chi connectivity index (χ2v) is 7.65. The van der Waals surface area contributed by atoms with Crippen LogP contribution in [0.2, 0.25) is 0 Å². The molecule has 1 aromatic heterocycles. The molecule has 1 aromatic rings. The molecule has 1 saturated heterocycles. The molecule has 3 N–H and O–H groups in total. The Morgan fingerprint density at radius 2 is 2.11 bits per heavy atom. The second-order valence-electron chi connectivity index (χ2n) is 5.75. The first-order chi connectivity index (χ1) is 8.96. The van der Waals surface area contributed by atoms with Crippen LogP contribution in [-0.4, -0.2) is 41.8 Å². The van der Waals surface area contributed by atoms with Gasteiger partial charge in [-0.2, -0.15) is 4.31 Å². The minimum Gasteiger partial charge on any atom is -0.332 e. The average molecular weight is 284 g/mol. The maximum absolute atomic E-state index is 12.5. The van der Waals surface area contributed by atoms with Crippen LogP contribution in [0.1, 0.15) is 25.1 Å². The lowest BCUT2D eigenvalue weighted by Crippen LogP contribution is -2.32. The fourth-order valence-corrected chi connectivity index (χ4v) is 4.81. The first-order valence-electron chi connectivity index (χ1n) is 6.74. The van der Waals surface area contributed by atoms with Crippen LogP contribution in [0, 0.1) is 18.8 Å². The maximum atomic E-state index is 12.5. The highest BCUT2D eigenvalue weighted by Gasteiger charge is 2.42. The molecule has 0 spiro atoms. The molecule has 1 aliphatic carbocycles. The Morgan fingerprint density at radius 3 is 2.79 bits per heavy atom. The highest BCUT2D eigenvalue weighted by Crippen LogP contribution is 2.37. The fourth-order valence-electron chi connectivity index (χ4n) is 3.29. The third-order valence-corrected chi connectivity index (χ3v) is 6.10. The topological polar surface area (TPSA) is 92.1 Å². The number of sulfonamides is 1. The van der Waals surface area contributed by atoms with Crippen molar-refractivity contribution >= 4 is 10.0 Å². The number of nitrogens with zero attached hydrogens (tertiary/aromatic N) is 2. The van der Waals surface area contributed by atoms with Gasteiger partial charge in [-0.3, -0.25) is 0 Å². The van der Waals surface area contributed by atoms with Gasteiger partial charge in [0.15, 0.2) is 5.03 Å². The molecule has 2 fully saturated rings. The van der Waals surface area contributed by atoms with E-state index >= 15 is 0 Å². The first kappa shape index (κ1) is 13.1. The van der Waals surface area contributed by atoms with Gasteiger partial charge in [0.2, 0.25) is 0 Å². The molecule has 0 radical (unpaired) electrons. The number of rotatable bonds is 2. The Kier molecular flexibility index (Phi) is 3.15. The number of imidazole rings is 1. The molecule has 7 heteroatoms. The summed E-state index contributed by atoms with van der Waals surface area (Å²) in [5.41, 5.74) is 5.98. The number of hydrogen-bond acceptors (Lipinski definition) is 4. The zero-order chi connectivity index (χ0) is 13.6. The van der Waals surface area contributed by atoms with E-state index in [9.17, 15) is 8.42 Å². The molecule has 1 unspecified atom stereocenters. The Morgan fingerprint density at radius 1 is 1.37 bits per heavy atom. The van der Waals surface area contributed by atoms with Gasteiger partial charge in [0.25, 0.3) is 10.0 Å². The summed E-state index contributed by atoms with van der Waals surface area (Å²) >= 11 is 0. The summed E-state index contributed by atoms with van der Waals surface area (Å²) < 4.78 is 26.6. The first-order valence-corrected chi connectivity index (χ1v) is 8.18. The molecule has 19 heavy (non-hydrogen) atoms. The van der Waals surface area contributed by atoms with E-state index in [4.69, 9.17) is 5.73 Å². The van der Waals surface area contributed by atoms with Crippen LogP contribution in [0.3, 0.4) is 0 Å². The summed E-state index contributed by atoms with van der Waals surface area (Å²) in [6.07, 6.45) is 4.40. The van der Waals surface area contributed by atoms with Crippen molar-refractivity contribution in [3.8, 4) is 0 Å². The zero-order valence-electron chi connectivity index (χ0n) is 11.0. The van der Waals surface area contributed by atoms with E-state index in [2.05, 4.69) is 9.97 Å². The second kappa shape index (κ2) is 4.57. The van der Waals surface area contributed by atoms with Crippen molar-refractivity contribution in [3.05, 3.63) is 12.0 Å². The van der Waals surface area contributed by atoms with Gasteiger partial charge >= 0.3 is 0 Å². The van der Waals surface area contributed by atoms with E-state index in [1.165, 1.54) is 6.20 Å². The number of fused-ring (bicyclic) bond motifs is 1. The molecule has 1 saturated carbocycles. The normalized spacial score (nSPS) is 32.4. The Labute approximate surface area is 113 Å². The van der Waals surface area contributed by atoms with Crippen LogP contribution in [0.25, 0.3) is 0 Å². The molecule has 2 heterocycles. The van der Waals surface area contributed by atoms with Gasteiger partial charge in [0, 0.05) is 19.1 Å². The molecule has 0 aromatic carbocycles. The number of aryl methyl sites for hydroxylation is 1. The lowest BCUT2D eigenvalue weighted by atomic mass is 9.79. The summed E-state index contributed by atoms with van der Waals surface area (Å²) in [4.78, 5) is 6.79. The molecule has 3 rings (SSSR count). The lowest BCUT2D eigenvalue weighted by molar-refractivity contribution is 0.271. The van der Waals surface area contributed by atoms with E-state index < -0.39 is 10.0 Å². The minimum atomic E-state index is -3.42. The zero-order valence-corrected chi connectivity index (χ0v) is 11.9. The summed E-state index contributed by atoms with van der Waals surface area (Å²) in [5, 5.41) is 0.202. The maximum Gasteiger partial charge on any atom is 0.260 e. The predicted octanol–water partition coefficient (Wildman–Crippen LogP) is 0.466. The fraction of sp³-hybridized carbons (Fsp3) is 0.750. The molecule has 0 bridgehead atoms. The van der Waals surface area contributed by atoms with Crippen molar-refractivity contribution in [1.29, 1.82) is 0 Å². The van der Waals surface area contributed by atoms with Crippen molar-refractivity contribution in [1.82, 2.24) is 14.3 Å². The van der Waals surface area contributed by atoms with Crippen LogP contribution >= 0.6 is 0 Å². The van der Waals surface area contributed by atoms with Gasteiger partial charge in [-0.25, -0.2) is 13.4 Å². The summed E-state index contributed by atoms with van der Waals surface area (Å²) in [5.74, 6) is 1.51. The largest absolute Gasteiger partial charge is 0.332 e. The minimum absolute atomic E-state index is 0.202. The van der Waals surface area contributed by atoms with Crippen LogP contribution in [0.15, 0.2) is 11.2 Å². The molecule has 1 aliphatic heterocycles. The third kappa shape index (κ3) is 2.30. The van der Waals surface area contributed by atoms with Crippen LogP contribution < -0.4 is 5.73 Å². The van der Waals surface area contributed by atoms with Gasteiger partial charge in [-0.15, -0.1) is 0 Å². The van der Waals surface area contributed by atoms with Gasteiger partial charge in [0.1, 0.15) is 5.82 Å². The number of nitrogens with two attached hydrogens (primary N) is 1. The Balaban J connectivity index is 1.80. The van der Waals surface area contributed by atoms with E-state index in [0.29, 0.717) is 30.7 Å². The van der Waals surface area contributed by atoms with Crippen molar-refractivity contribution in [3.63, 3.8) is 0 Å². The highest BCUT2D eigenvalue weighted by molar-refractivity contribution is 7.89. The third-order valence-electron chi connectivity index (χ3n) is 4.35. The van der Waals surface area contributed by atoms with Crippen LogP contribution in [0.5, 0.6) is 0 Å². The molecular weight excluding hydrogens is 264 g/mol. The molecule has 6 nitrogen and oxygen atoms in total. The quantitative estimate of drug-likeness (QED) is 0.825. The molecule has 106 valence electrons. The van der Waals surface area contributed by atoms with Gasteiger partial charge < -0.3 is 10.7 Å². The smallest absolute Gasteiger partial charge is 0.260 e. The van der Waals surface area contributed by atoms with Gasteiger partial charge in [-0.1, -0.05) is 0 Å². The Hall–Kier alpha value is -0.920. The molecular formula is C12H20N4O2S. The van der Waals surface area contributed by atoms with Crippen molar-refractivity contribution in [2.75, 3.05) is 13.1 Å². The van der Waals surface area contributed by atoms with Crippen molar-refractivity contribution < 1.29 is 8.42 Å². The summed E-state index contributed by atoms with van der Waals surface area (Å²) in [7, 11) is -3.42. The number of aromatic amines is 1. The standard InChI is InChI=1S/C12H20N4O2S/c1-8-14-5-12(15-8)19(17,18)16-6-9-2-3-11(13)4-10(9)7-16/h5,9-11H,2-4,6-7,13H2,1H3,(H,14,15)/t9-,10+,11?/m1/s1. The lowest BCUT2D eigenvalue weighted by Gasteiger charge is -2.28. The number of H-pyrrole nitrogens is 1. The summed E-state index contributed by atoms with van der Waals surface area (Å²) in [6, 6.07) is 0.235. The highest BCUT2D eigenvalue weighted by atomic mass is 32.2. The van der Waals surface area contributed by atoms with E-state index in [0.717, 1.165) is 19.3 Å². The number of nitrogens with one attached hydrogen (secondary N) is 1. The molecule has 2 aliphatic rings. The SMILES string of the molecule is Cc1ncc(S(=O)(=O)N2C[C@H]3CCC(N)C[C@H]3C2)[nH]1. The van der Waals surface area contributed by atoms with Crippen molar-refractivity contribution in [2.24, 2.45) is 17.6 Å². The molecule has 3 atom stereocenters. The number of hydrogen-bond donors (Lipinski definition) is 2. The van der Waals surface area contributed by atoms with E-state index in [1.807, 2.05) is 0 Å². The van der Waals surface area contributed by atoms with Gasteiger partial charge in [0.05, 0.1) is 6.20 Å². The summed E-state index contributed by atoms with van der Waals surface area (Å²) in [6.45, 7) is 2.97. The predicted molar refractivity (Wildman–Crippen MR) is 70.9 cm³/mol. The molecule has 0 amide bonds. The van der Waals surface area contributed by atoms with E-state index in [1.54, 1.807) is 11.2 Å². The Bertz CT molecular complexity index is 568. The monoisotopic (exact) mass is 284 g/mol. The van der Waals surface area contributed by atoms with E-state index in [-0.39, 0.29) is 11.1 Å². The van der Waals surface area contributed by atoms with Crippen LogP contribution in [0.4, 0.5) is 0 Å². The van der Waals surface area contributed by atoms with Crippen molar-refractivity contribution in [2.45, 2.75) is 37.3 Å². The van der Waals surface area contributed by atoms with Crippen LogP contribution in [-0.2, 0) is 10.0 Å². The van der Waals surface area contributed by atoms with Gasteiger partial charge in [-0.05, 0) is 38.0 Å². The number of aromatic nitrogens is 2.